The van der Waals surface area contributed by atoms with Crippen LogP contribution in [-0.4, -0.2) is 70.2 Å². The second-order valence-corrected chi connectivity index (χ2v) is 7.93. The molecule has 1 aromatic carbocycles. The molecule has 182 valence electrons. The van der Waals surface area contributed by atoms with E-state index in [1.807, 2.05) is 0 Å². The minimum Gasteiger partial charge on any atom is -0.454 e. The molecule has 1 atom stereocenters. The van der Waals surface area contributed by atoms with Crippen molar-refractivity contribution in [1.82, 2.24) is 15.5 Å². The van der Waals surface area contributed by atoms with Crippen LogP contribution in [0, 0.1) is 5.92 Å². The molecule has 0 spiro atoms. The van der Waals surface area contributed by atoms with Crippen LogP contribution in [0.1, 0.15) is 25.8 Å². The second-order valence-electron chi connectivity index (χ2n) is 7.93. The zero-order valence-corrected chi connectivity index (χ0v) is 21.1. The van der Waals surface area contributed by atoms with Crippen molar-refractivity contribution in [2.75, 3.05) is 46.7 Å². The summed E-state index contributed by atoms with van der Waals surface area (Å²) in [5.41, 5.74) is 0.527. The van der Waals surface area contributed by atoms with E-state index >= 15 is 0 Å². The first-order chi connectivity index (χ1) is 15.0. The molecular weight excluding hydrogens is 537 g/mol. The normalized spacial score (nSPS) is 17.3. The second kappa shape index (κ2) is 13.2. The summed E-state index contributed by atoms with van der Waals surface area (Å²) in [6.45, 7) is 5.84. The van der Waals surface area contributed by atoms with E-state index in [1.165, 1.54) is 6.07 Å². The van der Waals surface area contributed by atoms with Crippen molar-refractivity contribution in [1.29, 1.82) is 0 Å². The average Bonchev–Trinajstić information content (AvgIpc) is 3.20. The van der Waals surface area contributed by atoms with Crippen molar-refractivity contribution in [3.8, 4) is 17.2 Å². The number of fused-ring (bicyclic) bond motifs is 1. The number of halogens is 3. The van der Waals surface area contributed by atoms with Crippen LogP contribution < -0.4 is 24.8 Å². The molecule has 3 rings (SSSR count). The highest BCUT2D eigenvalue weighted by Crippen LogP contribution is 2.38. The maximum absolute atomic E-state index is 12.8. The quantitative estimate of drug-likeness (QED) is 0.269. The van der Waals surface area contributed by atoms with Gasteiger partial charge in [0.15, 0.2) is 17.5 Å². The van der Waals surface area contributed by atoms with Gasteiger partial charge in [-0.2, -0.15) is 8.78 Å². The summed E-state index contributed by atoms with van der Waals surface area (Å²) in [5.74, 6) is 2.10. The van der Waals surface area contributed by atoms with Gasteiger partial charge in [-0.15, -0.1) is 24.0 Å². The van der Waals surface area contributed by atoms with Crippen molar-refractivity contribution < 1.29 is 27.7 Å². The molecule has 0 radical (unpaired) electrons. The van der Waals surface area contributed by atoms with Crippen molar-refractivity contribution in [3.63, 3.8) is 0 Å². The number of nitrogens with one attached hydrogen (secondary N) is 2. The van der Waals surface area contributed by atoms with Crippen molar-refractivity contribution in [2.24, 2.45) is 10.9 Å². The Morgan fingerprint density at radius 2 is 1.84 bits per heavy atom. The first-order valence-corrected chi connectivity index (χ1v) is 10.6. The van der Waals surface area contributed by atoms with E-state index in [0.29, 0.717) is 35.0 Å². The van der Waals surface area contributed by atoms with Gasteiger partial charge in [0.2, 0.25) is 6.79 Å². The molecule has 0 saturated carbocycles. The average molecular weight is 570 g/mol. The minimum atomic E-state index is -2.93. The van der Waals surface area contributed by atoms with E-state index in [1.54, 1.807) is 13.1 Å². The van der Waals surface area contributed by atoms with Gasteiger partial charge in [-0.1, -0.05) is 13.8 Å². The first-order valence-electron chi connectivity index (χ1n) is 10.6. The van der Waals surface area contributed by atoms with Crippen LogP contribution in [0.25, 0.3) is 0 Å². The number of hydrogen-bond donors (Lipinski definition) is 2. The smallest absolute Gasteiger partial charge is 0.387 e. The standard InChI is InChI=1S/C21H32F2N4O4.HI/c1-14(2)8-16(27-4-6-28-7-5-27)12-26-21(24-3)25-11-15-9-18-19(30-13-29-18)10-17(15)31-20(22)23;/h9-10,14,16,20H,4-8,11-13H2,1-3H3,(H2,24,25,26);1H. The van der Waals surface area contributed by atoms with Gasteiger partial charge in [-0.25, -0.2) is 0 Å². The molecule has 2 N–H and O–H groups in total. The van der Waals surface area contributed by atoms with Crippen molar-refractivity contribution in [2.45, 2.75) is 39.5 Å². The van der Waals surface area contributed by atoms with E-state index < -0.39 is 6.61 Å². The van der Waals surface area contributed by atoms with Crippen LogP contribution in [0.15, 0.2) is 17.1 Å². The number of guanidine groups is 1. The third-order valence-corrected chi connectivity index (χ3v) is 5.25. The molecule has 0 aromatic heterocycles. The Kier molecular flexibility index (Phi) is 11.0. The van der Waals surface area contributed by atoms with Crippen LogP contribution in [0.4, 0.5) is 8.78 Å². The fourth-order valence-corrected chi connectivity index (χ4v) is 3.77. The molecule has 2 heterocycles. The van der Waals surface area contributed by atoms with Gasteiger partial charge in [0.25, 0.3) is 0 Å². The Morgan fingerprint density at radius 1 is 1.16 bits per heavy atom. The van der Waals surface area contributed by atoms with Crippen molar-refractivity contribution >= 4 is 29.9 Å². The van der Waals surface area contributed by atoms with Crippen molar-refractivity contribution in [3.05, 3.63) is 17.7 Å². The highest BCUT2D eigenvalue weighted by atomic mass is 127. The number of ether oxygens (including phenoxy) is 4. The predicted octanol–water partition coefficient (Wildman–Crippen LogP) is 3.05. The molecule has 0 amide bonds. The number of hydrogen-bond acceptors (Lipinski definition) is 6. The van der Waals surface area contributed by atoms with E-state index in [2.05, 4.69) is 39.1 Å². The van der Waals surface area contributed by atoms with Gasteiger partial charge in [0, 0.05) is 50.9 Å². The molecule has 1 unspecified atom stereocenters. The number of morpholine rings is 1. The van der Waals surface area contributed by atoms with Crippen LogP contribution in [0.2, 0.25) is 0 Å². The highest BCUT2D eigenvalue weighted by molar-refractivity contribution is 14.0. The molecule has 2 aliphatic rings. The van der Waals surface area contributed by atoms with Crippen LogP contribution in [0.3, 0.4) is 0 Å². The molecular formula is C21H33F2IN4O4. The Balaban J connectivity index is 0.00000363. The number of alkyl halides is 2. The molecule has 8 nitrogen and oxygen atoms in total. The molecule has 1 saturated heterocycles. The van der Waals surface area contributed by atoms with E-state index in [4.69, 9.17) is 14.2 Å². The SMILES string of the molecule is CN=C(NCc1cc2c(cc1OC(F)F)OCO2)NCC(CC(C)C)N1CCOCC1.I. The van der Waals surface area contributed by atoms with E-state index in [9.17, 15) is 8.78 Å². The van der Waals surface area contributed by atoms with Crippen LogP contribution in [0.5, 0.6) is 17.2 Å². The lowest BCUT2D eigenvalue weighted by Gasteiger charge is -2.35. The summed E-state index contributed by atoms with van der Waals surface area (Å²) in [6.07, 6.45) is 1.05. The van der Waals surface area contributed by atoms with Gasteiger partial charge in [-0.05, 0) is 18.4 Å². The topological polar surface area (TPSA) is 76.6 Å². The van der Waals surface area contributed by atoms with E-state index in [-0.39, 0.29) is 43.1 Å². The maximum Gasteiger partial charge on any atom is 0.387 e. The lowest BCUT2D eigenvalue weighted by atomic mass is 10.0. The zero-order valence-electron chi connectivity index (χ0n) is 18.7. The summed E-state index contributed by atoms with van der Waals surface area (Å²) in [5, 5.41) is 6.54. The van der Waals surface area contributed by atoms with Gasteiger partial charge >= 0.3 is 6.61 Å². The summed E-state index contributed by atoms with van der Waals surface area (Å²) in [7, 11) is 1.68. The van der Waals surface area contributed by atoms with Crippen LogP contribution >= 0.6 is 24.0 Å². The Morgan fingerprint density at radius 3 is 2.47 bits per heavy atom. The largest absolute Gasteiger partial charge is 0.454 e. The summed E-state index contributed by atoms with van der Waals surface area (Å²) >= 11 is 0. The van der Waals surface area contributed by atoms with E-state index in [0.717, 1.165) is 39.3 Å². The van der Waals surface area contributed by atoms with Gasteiger partial charge in [0.05, 0.1) is 13.2 Å². The molecule has 1 fully saturated rings. The highest BCUT2D eigenvalue weighted by Gasteiger charge is 2.23. The first kappa shape index (κ1) is 26.7. The summed E-state index contributed by atoms with van der Waals surface area (Å²) in [4.78, 5) is 6.71. The Bertz CT molecular complexity index is 749. The van der Waals surface area contributed by atoms with Gasteiger partial charge in [-0.3, -0.25) is 9.89 Å². The van der Waals surface area contributed by atoms with Crippen LogP contribution in [-0.2, 0) is 11.3 Å². The molecule has 0 bridgehead atoms. The zero-order chi connectivity index (χ0) is 22.2. The number of rotatable bonds is 9. The maximum atomic E-state index is 12.8. The lowest BCUT2D eigenvalue weighted by molar-refractivity contribution is -0.0505. The third kappa shape index (κ3) is 7.77. The summed E-state index contributed by atoms with van der Waals surface area (Å²) in [6, 6.07) is 3.43. The third-order valence-electron chi connectivity index (χ3n) is 5.25. The van der Waals surface area contributed by atoms with Gasteiger partial charge < -0.3 is 29.6 Å². The fourth-order valence-electron chi connectivity index (χ4n) is 3.77. The minimum absolute atomic E-state index is 0. The molecule has 2 aliphatic heterocycles. The molecule has 1 aromatic rings. The monoisotopic (exact) mass is 570 g/mol. The molecule has 11 heteroatoms. The Labute approximate surface area is 205 Å². The number of aliphatic imine (C=N–C) groups is 1. The summed E-state index contributed by atoms with van der Waals surface area (Å²) < 4.78 is 46.5. The predicted molar refractivity (Wildman–Crippen MR) is 128 cm³/mol. The Hall–Kier alpha value is -1.60. The molecule has 32 heavy (non-hydrogen) atoms. The number of nitrogens with zero attached hydrogens (tertiary/aromatic N) is 2. The lowest BCUT2D eigenvalue weighted by Crippen LogP contribution is -2.51. The van der Waals surface area contributed by atoms with Gasteiger partial charge in [0.1, 0.15) is 5.75 Å². The fraction of sp³-hybridized carbons (Fsp3) is 0.667. The molecule has 0 aliphatic carbocycles. The number of benzene rings is 1.